The first-order chi connectivity index (χ1) is 8.22. The van der Waals surface area contributed by atoms with Gasteiger partial charge in [-0.1, -0.05) is 28.1 Å². The third kappa shape index (κ3) is 2.87. The van der Waals surface area contributed by atoms with Crippen LogP contribution in [0.1, 0.15) is 17.5 Å². The van der Waals surface area contributed by atoms with Gasteiger partial charge in [0, 0.05) is 19.2 Å². The Labute approximate surface area is 110 Å². The fraction of sp³-hybridized carbons (Fsp3) is 0.462. The lowest BCUT2D eigenvalue weighted by molar-refractivity contribution is -0.118. The molecular weight excluding hydrogens is 280 g/mol. The van der Waals surface area contributed by atoms with Gasteiger partial charge in [0.2, 0.25) is 5.91 Å². The Balaban J connectivity index is 2.12. The fourth-order valence-corrected chi connectivity index (χ4v) is 2.45. The molecule has 1 aromatic rings. The Bertz CT molecular complexity index is 420. The number of halogens is 1. The zero-order chi connectivity index (χ0) is 12.3. The first-order valence-electron chi connectivity index (χ1n) is 5.87. The molecule has 1 amide bonds. The van der Waals surface area contributed by atoms with Crippen LogP contribution in [-0.2, 0) is 17.6 Å². The minimum absolute atomic E-state index is 0.214. The van der Waals surface area contributed by atoms with Crippen molar-refractivity contribution in [2.75, 3.05) is 23.9 Å². The number of alkyl halides is 1. The lowest BCUT2D eigenvalue weighted by atomic mass is 9.98. The molecule has 0 fully saturated rings. The van der Waals surface area contributed by atoms with Crippen LogP contribution >= 0.6 is 15.9 Å². The van der Waals surface area contributed by atoms with E-state index in [1.54, 1.807) is 4.90 Å². The van der Waals surface area contributed by atoms with E-state index in [2.05, 4.69) is 39.4 Å². The number of nitrogens with one attached hydrogen (secondary N) is 1. The van der Waals surface area contributed by atoms with E-state index in [-0.39, 0.29) is 5.91 Å². The minimum Gasteiger partial charge on any atom is -0.315 e. The molecule has 4 heteroatoms. The predicted molar refractivity (Wildman–Crippen MR) is 73.7 cm³/mol. The van der Waals surface area contributed by atoms with E-state index in [4.69, 9.17) is 0 Å². The number of carbonyl (C=O) groups excluding carboxylic acids is 1. The molecule has 0 atom stereocenters. The number of rotatable bonds is 4. The molecule has 0 unspecified atom stereocenters. The van der Waals surface area contributed by atoms with Gasteiger partial charge in [-0.25, -0.2) is 0 Å². The zero-order valence-corrected chi connectivity index (χ0v) is 11.6. The van der Waals surface area contributed by atoms with Crippen molar-refractivity contribution < 1.29 is 4.79 Å². The number of hydrogen-bond donors (Lipinski definition) is 1. The summed E-state index contributed by atoms with van der Waals surface area (Å²) in [7, 11) is 1.85. The molecule has 0 spiro atoms. The summed E-state index contributed by atoms with van der Waals surface area (Å²) in [5.41, 5.74) is 4.52. The second-order valence-corrected chi connectivity index (χ2v) is 4.86. The van der Waals surface area contributed by atoms with Crippen molar-refractivity contribution in [3.05, 3.63) is 29.3 Å². The fourth-order valence-electron chi connectivity index (χ4n) is 2.17. The van der Waals surface area contributed by atoms with Crippen molar-refractivity contribution in [1.29, 1.82) is 0 Å². The van der Waals surface area contributed by atoms with Gasteiger partial charge >= 0.3 is 0 Å². The molecule has 3 nitrogen and oxygen atoms in total. The Morgan fingerprint density at radius 2 is 2.24 bits per heavy atom. The monoisotopic (exact) mass is 296 g/mol. The van der Waals surface area contributed by atoms with Crippen molar-refractivity contribution in [1.82, 2.24) is 5.32 Å². The Kier molecular flexibility index (Phi) is 4.18. The standard InChI is InChI=1S/C13H17BrN2O/c1-16-12-4-2-10(6-7-15-9-14)8-11(12)3-5-13(16)17/h2,4,8,15H,3,5-7,9H2,1H3. The summed E-state index contributed by atoms with van der Waals surface area (Å²) < 4.78 is 0. The van der Waals surface area contributed by atoms with Crippen molar-refractivity contribution in [2.45, 2.75) is 19.3 Å². The van der Waals surface area contributed by atoms with Crippen molar-refractivity contribution in [3.8, 4) is 0 Å². The number of benzene rings is 1. The SMILES string of the molecule is CN1C(=O)CCc2cc(CCNCBr)ccc21. The van der Waals surface area contributed by atoms with Crippen molar-refractivity contribution in [2.24, 2.45) is 0 Å². The zero-order valence-electron chi connectivity index (χ0n) is 10.0. The summed E-state index contributed by atoms with van der Waals surface area (Å²) in [6.07, 6.45) is 2.53. The molecule has 17 heavy (non-hydrogen) atoms. The molecule has 92 valence electrons. The van der Waals surface area contributed by atoms with Gasteiger partial charge < -0.3 is 10.2 Å². The highest BCUT2D eigenvalue weighted by molar-refractivity contribution is 9.09. The number of amides is 1. The first-order valence-corrected chi connectivity index (χ1v) is 6.99. The van der Waals surface area contributed by atoms with Crippen LogP contribution < -0.4 is 10.2 Å². The van der Waals surface area contributed by atoms with Gasteiger partial charge in [-0.3, -0.25) is 4.79 Å². The largest absolute Gasteiger partial charge is 0.315 e. The lowest BCUT2D eigenvalue weighted by Gasteiger charge is -2.26. The molecule has 0 aliphatic carbocycles. The first kappa shape index (κ1) is 12.6. The molecule has 1 aliphatic heterocycles. The maximum Gasteiger partial charge on any atom is 0.227 e. The lowest BCUT2D eigenvalue weighted by Crippen LogP contribution is -2.31. The van der Waals surface area contributed by atoms with E-state index >= 15 is 0 Å². The Hall–Kier alpha value is -0.870. The van der Waals surface area contributed by atoms with Gasteiger partial charge in [-0.15, -0.1) is 0 Å². The highest BCUT2D eigenvalue weighted by Crippen LogP contribution is 2.27. The Morgan fingerprint density at radius 1 is 1.41 bits per heavy atom. The molecule has 1 aromatic carbocycles. The Morgan fingerprint density at radius 3 is 3.00 bits per heavy atom. The number of hydrogen-bond acceptors (Lipinski definition) is 2. The second-order valence-electron chi connectivity index (χ2n) is 4.30. The summed E-state index contributed by atoms with van der Waals surface area (Å²) in [6, 6.07) is 6.41. The molecule has 0 saturated heterocycles. The van der Waals surface area contributed by atoms with Crippen LogP contribution in [0.15, 0.2) is 18.2 Å². The van der Waals surface area contributed by atoms with Crippen LogP contribution in [0.4, 0.5) is 5.69 Å². The van der Waals surface area contributed by atoms with E-state index in [1.807, 2.05) is 7.05 Å². The van der Waals surface area contributed by atoms with Crippen LogP contribution in [-0.4, -0.2) is 25.0 Å². The average molecular weight is 297 g/mol. The van der Waals surface area contributed by atoms with Gasteiger partial charge in [0.05, 0.1) is 5.45 Å². The molecule has 0 bridgehead atoms. The third-order valence-electron chi connectivity index (χ3n) is 3.17. The maximum atomic E-state index is 11.6. The highest BCUT2D eigenvalue weighted by atomic mass is 79.9. The molecule has 1 aliphatic rings. The second kappa shape index (κ2) is 5.65. The number of anilines is 1. The number of fused-ring (bicyclic) bond motifs is 1. The maximum absolute atomic E-state index is 11.6. The van der Waals surface area contributed by atoms with E-state index < -0.39 is 0 Å². The summed E-state index contributed by atoms with van der Waals surface area (Å²) >= 11 is 3.34. The molecular formula is C13H17BrN2O. The van der Waals surface area contributed by atoms with Crippen LogP contribution in [0, 0.1) is 0 Å². The van der Waals surface area contributed by atoms with Gasteiger partial charge in [0.15, 0.2) is 0 Å². The quantitative estimate of drug-likeness (QED) is 0.524. The molecule has 1 N–H and O–H groups in total. The molecule has 2 rings (SSSR count). The molecule has 0 radical (unpaired) electrons. The topological polar surface area (TPSA) is 32.3 Å². The van der Waals surface area contributed by atoms with E-state index in [0.717, 1.165) is 30.5 Å². The third-order valence-corrected chi connectivity index (χ3v) is 3.57. The molecule has 1 heterocycles. The normalized spacial score (nSPS) is 14.9. The van der Waals surface area contributed by atoms with E-state index in [1.165, 1.54) is 11.1 Å². The summed E-state index contributed by atoms with van der Waals surface area (Å²) in [5.74, 6) is 0.214. The van der Waals surface area contributed by atoms with Crippen LogP contribution in [0.25, 0.3) is 0 Å². The minimum atomic E-state index is 0.214. The number of aryl methyl sites for hydroxylation is 1. The van der Waals surface area contributed by atoms with Crippen LogP contribution in [0.2, 0.25) is 0 Å². The average Bonchev–Trinajstić information content (AvgIpc) is 2.34. The summed E-state index contributed by atoms with van der Waals surface area (Å²) in [4.78, 5) is 13.3. The van der Waals surface area contributed by atoms with Crippen LogP contribution in [0.3, 0.4) is 0 Å². The number of carbonyl (C=O) groups is 1. The predicted octanol–water partition coefficient (Wildman–Crippen LogP) is 2.08. The smallest absolute Gasteiger partial charge is 0.227 e. The van der Waals surface area contributed by atoms with Crippen molar-refractivity contribution in [3.63, 3.8) is 0 Å². The highest BCUT2D eigenvalue weighted by Gasteiger charge is 2.20. The van der Waals surface area contributed by atoms with Gasteiger partial charge in [0.1, 0.15) is 0 Å². The van der Waals surface area contributed by atoms with Gasteiger partial charge in [0.25, 0.3) is 0 Å². The van der Waals surface area contributed by atoms with E-state index in [0.29, 0.717) is 6.42 Å². The summed E-state index contributed by atoms with van der Waals surface area (Å²) in [5, 5.41) is 3.24. The van der Waals surface area contributed by atoms with Gasteiger partial charge in [-0.05, 0) is 36.6 Å². The van der Waals surface area contributed by atoms with E-state index in [9.17, 15) is 4.79 Å². The summed E-state index contributed by atoms with van der Waals surface area (Å²) in [6.45, 7) is 0.971. The number of nitrogens with zero attached hydrogens (tertiary/aromatic N) is 1. The molecule has 0 saturated carbocycles. The van der Waals surface area contributed by atoms with Crippen LogP contribution in [0.5, 0.6) is 0 Å². The van der Waals surface area contributed by atoms with Crippen molar-refractivity contribution >= 4 is 27.5 Å². The molecule has 0 aromatic heterocycles. The van der Waals surface area contributed by atoms with Gasteiger partial charge in [-0.2, -0.15) is 0 Å².